The molecule has 20 heavy (non-hydrogen) atoms. The molecule has 2 aromatic rings. The van der Waals surface area contributed by atoms with Crippen LogP contribution in [0.4, 0.5) is 5.69 Å². The van der Waals surface area contributed by atoms with Crippen LogP contribution >= 0.6 is 12.4 Å². The van der Waals surface area contributed by atoms with E-state index in [0.717, 1.165) is 29.7 Å². The number of hydrogen-bond donors (Lipinski definition) is 3. The number of ether oxygens (including phenoxy) is 1. The van der Waals surface area contributed by atoms with Crippen LogP contribution in [0.1, 0.15) is 6.42 Å². The van der Waals surface area contributed by atoms with Crippen molar-refractivity contribution in [3.63, 3.8) is 0 Å². The summed E-state index contributed by atoms with van der Waals surface area (Å²) in [5, 5.41) is 7.29. The predicted octanol–water partition coefficient (Wildman–Crippen LogP) is 1.91. The molecule has 1 aliphatic heterocycles. The second-order valence-corrected chi connectivity index (χ2v) is 4.76. The Bertz CT molecular complexity index is 579. The number of carbonyl (C=O) groups excluding carboxylic acids is 1. The fraction of sp³-hybridized carbons (Fsp3) is 0.357. The minimum absolute atomic E-state index is 0. The molecular formula is C14H18ClN3O2. The quantitative estimate of drug-likeness (QED) is 0.810. The van der Waals surface area contributed by atoms with Gasteiger partial charge in [-0.3, -0.25) is 4.79 Å². The molecular weight excluding hydrogens is 278 g/mol. The van der Waals surface area contributed by atoms with E-state index in [1.807, 2.05) is 30.5 Å². The number of benzene rings is 1. The summed E-state index contributed by atoms with van der Waals surface area (Å²) in [5.74, 6) is 0.0119. The van der Waals surface area contributed by atoms with E-state index in [9.17, 15) is 4.79 Å². The van der Waals surface area contributed by atoms with Gasteiger partial charge in [0.05, 0.1) is 13.2 Å². The molecule has 1 fully saturated rings. The maximum Gasteiger partial charge on any atom is 0.226 e. The Kier molecular flexibility index (Phi) is 5.00. The highest BCUT2D eigenvalue weighted by Crippen LogP contribution is 2.18. The van der Waals surface area contributed by atoms with Crippen molar-refractivity contribution in [2.75, 3.05) is 25.1 Å². The summed E-state index contributed by atoms with van der Waals surface area (Å²) in [6, 6.07) is 7.94. The van der Waals surface area contributed by atoms with Crippen molar-refractivity contribution in [2.24, 2.45) is 0 Å². The molecule has 3 N–H and O–H groups in total. The first-order valence-corrected chi connectivity index (χ1v) is 6.49. The van der Waals surface area contributed by atoms with Gasteiger partial charge in [-0.05, 0) is 24.3 Å². The lowest BCUT2D eigenvalue weighted by atomic mass is 10.2. The average Bonchev–Trinajstić information content (AvgIpc) is 2.87. The lowest BCUT2D eigenvalue weighted by Crippen LogP contribution is -2.43. The van der Waals surface area contributed by atoms with E-state index in [2.05, 4.69) is 15.6 Å². The normalized spacial score (nSPS) is 18.5. The molecule has 6 heteroatoms. The molecule has 1 atom stereocenters. The number of rotatable bonds is 3. The number of anilines is 1. The highest BCUT2D eigenvalue weighted by Gasteiger charge is 2.16. The average molecular weight is 296 g/mol. The third-order valence-electron chi connectivity index (χ3n) is 3.27. The van der Waals surface area contributed by atoms with Gasteiger partial charge in [-0.2, -0.15) is 0 Å². The molecule has 1 aromatic carbocycles. The van der Waals surface area contributed by atoms with Gasteiger partial charge in [0.2, 0.25) is 5.91 Å². The summed E-state index contributed by atoms with van der Waals surface area (Å²) in [4.78, 5) is 15.1. The molecule has 0 aliphatic carbocycles. The lowest BCUT2D eigenvalue weighted by Gasteiger charge is -2.23. The molecule has 1 amide bonds. The number of aromatic nitrogens is 1. The summed E-state index contributed by atoms with van der Waals surface area (Å²) >= 11 is 0. The lowest BCUT2D eigenvalue weighted by molar-refractivity contribution is -0.117. The van der Waals surface area contributed by atoms with Crippen molar-refractivity contribution >= 4 is 34.9 Å². The van der Waals surface area contributed by atoms with Gasteiger partial charge in [-0.15, -0.1) is 12.4 Å². The number of nitrogens with one attached hydrogen (secondary N) is 3. The van der Waals surface area contributed by atoms with Crippen molar-refractivity contribution in [1.82, 2.24) is 10.3 Å². The van der Waals surface area contributed by atoms with Crippen LogP contribution in [0.15, 0.2) is 30.5 Å². The topological polar surface area (TPSA) is 66.2 Å². The summed E-state index contributed by atoms with van der Waals surface area (Å²) in [5.41, 5.74) is 1.90. The van der Waals surface area contributed by atoms with Gasteiger partial charge < -0.3 is 20.4 Å². The Hall–Kier alpha value is -1.56. The molecule has 0 bridgehead atoms. The first-order valence-electron chi connectivity index (χ1n) is 6.49. The zero-order valence-electron chi connectivity index (χ0n) is 11.0. The van der Waals surface area contributed by atoms with Gasteiger partial charge in [0, 0.05) is 41.8 Å². The first-order chi connectivity index (χ1) is 9.31. The highest BCUT2D eigenvalue weighted by molar-refractivity contribution is 5.94. The van der Waals surface area contributed by atoms with E-state index in [0.29, 0.717) is 13.0 Å². The number of hydrogen-bond acceptors (Lipinski definition) is 3. The SMILES string of the molecule is Cl.O=C(CC1COCCN1)Nc1ccc2[nH]ccc2c1. The minimum atomic E-state index is 0. The molecule has 2 heterocycles. The molecule has 3 rings (SSSR count). The van der Waals surface area contributed by atoms with Crippen LogP contribution in [0.5, 0.6) is 0 Å². The Morgan fingerprint density at radius 2 is 2.30 bits per heavy atom. The van der Waals surface area contributed by atoms with Crippen LogP contribution < -0.4 is 10.6 Å². The van der Waals surface area contributed by atoms with Crippen LogP contribution in [-0.2, 0) is 9.53 Å². The number of morpholine rings is 1. The molecule has 0 radical (unpaired) electrons. The van der Waals surface area contributed by atoms with Crippen LogP contribution in [0, 0.1) is 0 Å². The standard InChI is InChI=1S/C14H17N3O2.ClH/c18-14(8-12-9-19-6-5-15-12)17-11-1-2-13-10(7-11)3-4-16-13;/h1-4,7,12,15-16H,5-6,8-9H2,(H,17,18);1H. The van der Waals surface area contributed by atoms with Gasteiger partial charge in [0.15, 0.2) is 0 Å². The van der Waals surface area contributed by atoms with Gasteiger partial charge in [-0.1, -0.05) is 0 Å². The van der Waals surface area contributed by atoms with E-state index in [1.165, 1.54) is 0 Å². The summed E-state index contributed by atoms with van der Waals surface area (Å²) in [6.07, 6.45) is 2.32. The van der Waals surface area contributed by atoms with E-state index in [-0.39, 0.29) is 24.4 Å². The first kappa shape index (κ1) is 14.8. The van der Waals surface area contributed by atoms with Crippen LogP contribution in [0.2, 0.25) is 0 Å². The van der Waals surface area contributed by atoms with Gasteiger partial charge in [0.1, 0.15) is 0 Å². The molecule has 1 aromatic heterocycles. The number of fused-ring (bicyclic) bond motifs is 1. The third-order valence-corrected chi connectivity index (χ3v) is 3.27. The number of carbonyl (C=O) groups is 1. The Balaban J connectivity index is 0.00000147. The van der Waals surface area contributed by atoms with Crippen LogP contribution in [-0.4, -0.2) is 36.7 Å². The zero-order valence-corrected chi connectivity index (χ0v) is 11.8. The molecule has 0 spiro atoms. The number of amides is 1. The van der Waals surface area contributed by atoms with Crippen molar-refractivity contribution in [2.45, 2.75) is 12.5 Å². The monoisotopic (exact) mass is 295 g/mol. The van der Waals surface area contributed by atoms with Crippen molar-refractivity contribution in [1.29, 1.82) is 0 Å². The predicted molar refractivity (Wildman–Crippen MR) is 81.4 cm³/mol. The summed E-state index contributed by atoms with van der Waals surface area (Å²) in [7, 11) is 0. The second kappa shape index (κ2) is 6.74. The third kappa shape index (κ3) is 3.50. The van der Waals surface area contributed by atoms with Crippen molar-refractivity contribution in [3.05, 3.63) is 30.5 Å². The van der Waals surface area contributed by atoms with Crippen LogP contribution in [0.25, 0.3) is 10.9 Å². The number of halogens is 1. The molecule has 5 nitrogen and oxygen atoms in total. The number of H-pyrrole nitrogens is 1. The Labute approximate surface area is 123 Å². The zero-order chi connectivity index (χ0) is 13.1. The van der Waals surface area contributed by atoms with Crippen molar-refractivity contribution < 1.29 is 9.53 Å². The molecule has 0 saturated carbocycles. The van der Waals surface area contributed by atoms with Gasteiger partial charge in [0.25, 0.3) is 0 Å². The minimum Gasteiger partial charge on any atom is -0.378 e. The fourth-order valence-corrected chi connectivity index (χ4v) is 2.32. The summed E-state index contributed by atoms with van der Waals surface area (Å²) in [6.45, 7) is 2.14. The van der Waals surface area contributed by atoms with Gasteiger partial charge >= 0.3 is 0 Å². The van der Waals surface area contributed by atoms with E-state index in [4.69, 9.17) is 4.74 Å². The second-order valence-electron chi connectivity index (χ2n) is 4.76. The molecule has 1 unspecified atom stereocenters. The fourth-order valence-electron chi connectivity index (χ4n) is 2.32. The number of aromatic amines is 1. The molecule has 108 valence electrons. The smallest absolute Gasteiger partial charge is 0.226 e. The Morgan fingerprint density at radius 1 is 1.40 bits per heavy atom. The van der Waals surface area contributed by atoms with E-state index in [1.54, 1.807) is 0 Å². The van der Waals surface area contributed by atoms with Crippen molar-refractivity contribution in [3.8, 4) is 0 Å². The maximum atomic E-state index is 11.9. The highest BCUT2D eigenvalue weighted by atomic mass is 35.5. The van der Waals surface area contributed by atoms with Gasteiger partial charge in [-0.25, -0.2) is 0 Å². The molecule has 1 saturated heterocycles. The summed E-state index contributed by atoms with van der Waals surface area (Å²) < 4.78 is 5.33. The van der Waals surface area contributed by atoms with E-state index < -0.39 is 0 Å². The molecule has 1 aliphatic rings. The maximum absolute atomic E-state index is 11.9. The van der Waals surface area contributed by atoms with Crippen LogP contribution in [0.3, 0.4) is 0 Å². The Morgan fingerprint density at radius 3 is 3.10 bits per heavy atom. The largest absolute Gasteiger partial charge is 0.378 e. The van der Waals surface area contributed by atoms with E-state index >= 15 is 0 Å².